The molecule has 0 aromatic carbocycles. The van der Waals surface area contributed by atoms with E-state index in [1.165, 1.54) is 14.2 Å². The summed E-state index contributed by atoms with van der Waals surface area (Å²) in [5.74, 6) is -3.32. The number of ether oxygens (including phenoxy) is 4. The first-order valence-electron chi connectivity index (χ1n) is 19.0. The van der Waals surface area contributed by atoms with Crippen molar-refractivity contribution in [1.29, 1.82) is 0 Å². The molecule has 14 nitrogen and oxygen atoms in total. The van der Waals surface area contributed by atoms with E-state index < -0.39 is 35.2 Å². The third-order valence-electron chi connectivity index (χ3n) is 11.2. The average molecular weight is 793 g/mol. The van der Waals surface area contributed by atoms with E-state index in [9.17, 15) is 29.4 Å². The number of aliphatic hydroxyl groups is 2. The first kappa shape index (κ1) is 41.5. The molecule has 0 saturated carbocycles. The lowest BCUT2D eigenvalue weighted by Crippen LogP contribution is -2.42. The van der Waals surface area contributed by atoms with E-state index in [0.29, 0.717) is 51.3 Å². The molecule has 14 heteroatoms. The summed E-state index contributed by atoms with van der Waals surface area (Å²) in [5, 5.41) is 18.4. The Balaban J connectivity index is 1.70. The second-order valence-corrected chi connectivity index (χ2v) is 14.4. The maximum absolute atomic E-state index is 13.7. The van der Waals surface area contributed by atoms with Crippen LogP contribution in [0.15, 0.2) is 48.6 Å². The van der Waals surface area contributed by atoms with E-state index in [0.717, 1.165) is 38.9 Å². The summed E-state index contributed by atoms with van der Waals surface area (Å²) in [4.78, 5) is 69.5. The van der Waals surface area contributed by atoms with Gasteiger partial charge in [-0.15, -0.1) is 0 Å². The maximum atomic E-state index is 13.7. The van der Waals surface area contributed by atoms with Crippen LogP contribution >= 0.6 is 0 Å². The van der Waals surface area contributed by atoms with Crippen LogP contribution in [0.1, 0.15) is 78.1 Å². The summed E-state index contributed by atoms with van der Waals surface area (Å²) in [6.07, 6.45) is 5.80. The molecule has 6 rings (SSSR count). The fraction of sp³-hybridized carbons (Fsp3) is 0.364. The van der Waals surface area contributed by atoms with Gasteiger partial charge in [-0.25, -0.2) is 9.78 Å². The van der Waals surface area contributed by atoms with E-state index in [2.05, 4.69) is 16.5 Å². The van der Waals surface area contributed by atoms with Gasteiger partial charge in [-0.3, -0.25) is 19.4 Å². The van der Waals surface area contributed by atoms with Gasteiger partial charge in [0.1, 0.15) is 19.1 Å². The number of fused-ring (bicyclic) bond motifs is 11. The highest BCUT2D eigenvalue weighted by Crippen LogP contribution is 2.52. The van der Waals surface area contributed by atoms with Crippen LogP contribution in [0.2, 0.25) is 0 Å². The van der Waals surface area contributed by atoms with Crippen LogP contribution < -0.4 is 0 Å². The molecule has 2 aliphatic heterocycles. The molecular weight excluding hydrogens is 745 g/mol. The lowest BCUT2D eigenvalue weighted by atomic mass is 9.64. The molecule has 0 amide bonds. The minimum absolute atomic E-state index is 0.0356. The van der Waals surface area contributed by atoms with Gasteiger partial charge in [0.25, 0.3) is 0 Å². The summed E-state index contributed by atoms with van der Waals surface area (Å²) in [6.45, 7) is 11.0. The number of nitrogens with one attached hydrogen (secondary N) is 2. The number of aromatic nitrogens is 4. The average Bonchev–Trinajstić information content (AvgIpc) is 3.87. The zero-order chi connectivity index (χ0) is 41.9. The quantitative estimate of drug-likeness (QED) is 0.125. The van der Waals surface area contributed by atoms with Crippen molar-refractivity contribution >= 4 is 68.7 Å². The predicted octanol–water partition coefficient (Wildman–Crippen LogP) is 5.53. The summed E-state index contributed by atoms with van der Waals surface area (Å²) in [6, 6.07) is 7.57. The second-order valence-electron chi connectivity index (χ2n) is 14.4. The molecule has 5 heterocycles. The first-order chi connectivity index (χ1) is 27.8. The molecular formula is C44H48N4O10. The molecule has 4 N–H and O–H groups in total. The van der Waals surface area contributed by atoms with Gasteiger partial charge in [0.15, 0.2) is 0 Å². The zero-order valence-corrected chi connectivity index (χ0v) is 33.5. The molecule has 0 radical (unpaired) electrons. The van der Waals surface area contributed by atoms with E-state index >= 15 is 0 Å². The molecule has 2 atom stereocenters. The van der Waals surface area contributed by atoms with Crippen LogP contribution in [0.4, 0.5) is 0 Å². The number of rotatable bonds is 13. The Morgan fingerprint density at radius 3 is 2.05 bits per heavy atom. The third kappa shape index (κ3) is 7.64. The van der Waals surface area contributed by atoms with Crippen molar-refractivity contribution in [3.05, 3.63) is 93.6 Å². The number of hydrogen-bond donors (Lipinski definition) is 4. The van der Waals surface area contributed by atoms with E-state index in [1.54, 1.807) is 18.2 Å². The Bertz CT molecular complexity index is 2470. The van der Waals surface area contributed by atoms with Crippen LogP contribution in [0.5, 0.6) is 0 Å². The van der Waals surface area contributed by atoms with Crippen LogP contribution in [0, 0.1) is 19.8 Å². The number of H-pyrrole nitrogens is 2. The fourth-order valence-corrected chi connectivity index (χ4v) is 8.04. The third-order valence-corrected chi connectivity index (χ3v) is 11.2. The molecule has 0 fully saturated rings. The van der Waals surface area contributed by atoms with Gasteiger partial charge in [0, 0.05) is 40.5 Å². The molecule has 58 heavy (non-hydrogen) atoms. The highest BCUT2D eigenvalue weighted by atomic mass is 16.5. The lowest BCUT2D eigenvalue weighted by Gasteiger charge is -2.36. The predicted molar refractivity (Wildman–Crippen MR) is 218 cm³/mol. The van der Waals surface area contributed by atoms with Crippen molar-refractivity contribution in [2.75, 3.05) is 40.6 Å². The number of esters is 4. The number of carbonyl (C=O) groups is 4. The number of methoxy groups -OCH3 is 2. The van der Waals surface area contributed by atoms with Crippen LogP contribution in [-0.2, 0) is 50.0 Å². The molecule has 304 valence electrons. The number of nitrogens with zero attached hydrogens (tertiary/aromatic N) is 2. The Morgan fingerprint density at radius 2 is 1.41 bits per heavy atom. The largest absolute Gasteiger partial charge is 0.469 e. The Hall–Kier alpha value is -6.12. The molecule has 3 aliphatic rings. The van der Waals surface area contributed by atoms with Gasteiger partial charge in [0.2, 0.25) is 0 Å². The van der Waals surface area contributed by atoms with Crippen molar-refractivity contribution in [3.8, 4) is 0 Å². The fourth-order valence-electron chi connectivity index (χ4n) is 8.04. The van der Waals surface area contributed by atoms with E-state index in [4.69, 9.17) is 28.9 Å². The summed E-state index contributed by atoms with van der Waals surface area (Å²) in [7, 11) is 2.54. The molecule has 3 aromatic heterocycles. The smallest absolute Gasteiger partial charge is 0.334 e. The standard InChI is InChI=1S/C44H48N4O10/c1-8-26-23(2)31-19-32-24(3)27(10-13-39(51)57-17-15-49)34(45-32)21-35-28(11-14-40(52)58-18-16-50)25(4)33(46-35)20-37-30-12-9-29(42(53)55-6)41(43(54)56-7)44(30,5)38(48-37)22-36(26)47-31/h8-9,12,19-22,41,46-47,49-50H,1,10-11,13-18H2,2-7H3. The first-order valence-corrected chi connectivity index (χ1v) is 19.0. The molecule has 8 bridgehead atoms. The molecule has 0 saturated heterocycles. The van der Waals surface area contributed by atoms with Crippen LogP contribution in [0.3, 0.4) is 0 Å². The van der Waals surface area contributed by atoms with Gasteiger partial charge in [-0.05, 0) is 98.2 Å². The van der Waals surface area contributed by atoms with E-state index in [-0.39, 0.29) is 51.3 Å². The Kier molecular flexibility index (Phi) is 12.3. The van der Waals surface area contributed by atoms with Gasteiger partial charge < -0.3 is 39.1 Å². The molecule has 1 aliphatic carbocycles. The van der Waals surface area contributed by atoms with Gasteiger partial charge in [-0.1, -0.05) is 24.8 Å². The summed E-state index contributed by atoms with van der Waals surface area (Å²) < 4.78 is 20.8. The number of aliphatic hydroxyl groups excluding tert-OH is 2. The summed E-state index contributed by atoms with van der Waals surface area (Å²) >= 11 is 0. The van der Waals surface area contributed by atoms with Crippen molar-refractivity contribution in [3.63, 3.8) is 0 Å². The molecule has 3 aromatic rings. The lowest BCUT2D eigenvalue weighted by molar-refractivity contribution is -0.149. The highest BCUT2D eigenvalue weighted by Gasteiger charge is 2.53. The number of hydrogen-bond acceptors (Lipinski definition) is 12. The Morgan fingerprint density at radius 1 is 0.793 bits per heavy atom. The normalized spacial score (nSPS) is 17.2. The van der Waals surface area contributed by atoms with Crippen molar-refractivity contribution in [2.24, 2.45) is 5.92 Å². The highest BCUT2D eigenvalue weighted by molar-refractivity contribution is 6.02. The van der Waals surface area contributed by atoms with E-state index in [1.807, 2.05) is 52.0 Å². The number of allylic oxidation sites excluding steroid dienone is 5. The molecule has 2 unspecified atom stereocenters. The number of aromatic amines is 2. The van der Waals surface area contributed by atoms with Gasteiger partial charge in [0.05, 0.1) is 61.2 Å². The number of carbonyl (C=O) groups excluding carboxylic acids is 4. The van der Waals surface area contributed by atoms with Gasteiger partial charge >= 0.3 is 23.9 Å². The van der Waals surface area contributed by atoms with Crippen molar-refractivity contribution in [1.82, 2.24) is 19.9 Å². The minimum atomic E-state index is -1.19. The van der Waals surface area contributed by atoms with Gasteiger partial charge in [-0.2, -0.15) is 0 Å². The van der Waals surface area contributed by atoms with Crippen LogP contribution in [-0.4, -0.2) is 94.7 Å². The van der Waals surface area contributed by atoms with Crippen molar-refractivity contribution in [2.45, 2.75) is 58.8 Å². The SMILES string of the molecule is C=Cc1c(C)c2cc3nc(cc4[nH]c(cc5nc(cc1[nH]2)C1(C)C5=CC=C(C(=O)OC)C1C(=O)OC)c(C)c4CCC(=O)OCCO)C(CCC(=O)OCCO)=C3C. The maximum Gasteiger partial charge on any atom is 0.334 e. The molecule has 0 spiro atoms. The number of aryl methyl sites for hydroxylation is 3. The second kappa shape index (κ2) is 17.2. The topological polar surface area (TPSA) is 203 Å². The zero-order valence-electron chi connectivity index (χ0n) is 33.5. The monoisotopic (exact) mass is 792 g/mol. The minimum Gasteiger partial charge on any atom is -0.469 e. The van der Waals surface area contributed by atoms with Crippen molar-refractivity contribution < 1.29 is 48.3 Å². The Labute approximate surface area is 335 Å². The van der Waals surface area contributed by atoms with Crippen LogP contribution in [0.25, 0.3) is 44.9 Å². The summed E-state index contributed by atoms with van der Waals surface area (Å²) in [5.41, 5.74) is 9.63.